The van der Waals surface area contributed by atoms with E-state index in [4.69, 9.17) is 18.6 Å². The van der Waals surface area contributed by atoms with Gasteiger partial charge >= 0.3 is 0 Å². The smallest absolute Gasteiger partial charge is 0.243 e. The summed E-state index contributed by atoms with van der Waals surface area (Å²) in [7, 11) is -4.54. The molecule has 286 valence electrons. The van der Waals surface area contributed by atoms with Gasteiger partial charge in [-0.15, -0.1) is 0 Å². The highest BCUT2D eigenvalue weighted by atomic mass is 32.2. The fourth-order valence-electron chi connectivity index (χ4n) is 8.58. The highest BCUT2D eigenvalue weighted by Crippen LogP contribution is 2.46. The van der Waals surface area contributed by atoms with Crippen molar-refractivity contribution in [2.24, 2.45) is 0 Å². The molecule has 3 aromatic carbocycles. The van der Waals surface area contributed by atoms with Crippen LogP contribution in [0.2, 0.25) is 16.6 Å². The molecule has 0 amide bonds. The quantitative estimate of drug-likeness (QED) is 0.107. The zero-order valence-corrected chi connectivity index (χ0v) is 34.7. The number of rotatable bonds is 16. The van der Waals surface area contributed by atoms with Crippen LogP contribution in [0.25, 0.3) is 0 Å². The van der Waals surface area contributed by atoms with E-state index in [0.717, 1.165) is 54.1 Å². The van der Waals surface area contributed by atoms with Gasteiger partial charge in [0.2, 0.25) is 18.3 Å². The number of hydrogen-bond acceptors (Lipinski definition) is 7. The first-order valence-corrected chi connectivity index (χ1v) is 22.8. The lowest BCUT2D eigenvalue weighted by Gasteiger charge is -2.50. The van der Waals surface area contributed by atoms with Crippen LogP contribution < -0.4 is 9.64 Å². The predicted molar refractivity (Wildman–Crippen MR) is 214 cm³/mol. The number of fused-ring (bicyclic) bond motifs is 1. The minimum absolute atomic E-state index is 0.162. The molecular formula is C42H62N2O6SSi. The van der Waals surface area contributed by atoms with E-state index >= 15 is 0 Å². The van der Waals surface area contributed by atoms with Crippen molar-refractivity contribution >= 4 is 24.0 Å². The van der Waals surface area contributed by atoms with Gasteiger partial charge in [0.15, 0.2) is 0 Å². The van der Waals surface area contributed by atoms with Gasteiger partial charge in [0, 0.05) is 39.3 Å². The maximum atomic E-state index is 14.5. The van der Waals surface area contributed by atoms with Gasteiger partial charge in [0.25, 0.3) is 0 Å². The number of nitrogens with zero attached hydrogens (tertiary/aromatic N) is 2. The van der Waals surface area contributed by atoms with Gasteiger partial charge in [0.1, 0.15) is 12.4 Å². The van der Waals surface area contributed by atoms with Crippen molar-refractivity contribution in [2.75, 3.05) is 51.4 Å². The van der Waals surface area contributed by atoms with Crippen LogP contribution in [-0.4, -0.2) is 79.8 Å². The van der Waals surface area contributed by atoms with E-state index in [2.05, 4.69) is 89.8 Å². The molecule has 0 aliphatic carbocycles. The first-order chi connectivity index (χ1) is 24.8. The van der Waals surface area contributed by atoms with Gasteiger partial charge in [-0.1, -0.05) is 96.5 Å². The van der Waals surface area contributed by atoms with E-state index < -0.39 is 30.5 Å². The SMILES string of the molecule is CCc1ccc([C@@H]2[C@@H](OCc3ccc4c(c3)N(CCCOC)CCO4)CN(S(=O)(=O)c3ccc(C)cc3)C[C@H]2O[Si](C(C)C)(C(C)C)C(C)C)cc1. The molecule has 0 bridgehead atoms. The molecule has 2 aliphatic rings. The van der Waals surface area contributed by atoms with Crippen LogP contribution in [0.15, 0.2) is 71.6 Å². The maximum absolute atomic E-state index is 14.5. The number of sulfonamides is 1. The molecular weight excluding hydrogens is 689 g/mol. The first kappa shape index (κ1) is 40.5. The van der Waals surface area contributed by atoms with E-state index in [1.54, 1.807) is 23.5 Å². The van der Waals surface area contributed by atoms with Crippen molar-refractivity contribution < 1.29 is 27.1 Å². The summed E-state index contributed by atoms with van der Waals surface area (Å²) in [6.45, 7) is 21.7. The summed E-state index contributed by atoms with van der Waals surface area (Å²) in [6.07, 6.45) is 1.04. The maximum Gasteiger partial charge on any atom is 0.243 e. The van der Waals surface area contributed by atoms with Crippen molar-refractivity contribution in [1.29, 1.82) is 0 Å². The summed E-state index contributed by atoms with van der Waals surface area (Å²) in [6, 6.07) is 22.2. The van der Waals surface area contributed by atoms with Gasteiger partial charge in [-0.05, 0) is 77.3 Å². The standard InChI is InChI=1S/C42H62N2O6SSi/c1-10-34-14-17-36(18-15-34)42-40(49-29-35-16-21-39-38(26-35)43(23-25-48-39)22-11-24-47-9)27-44(51(45,46)37-19-12-33(8)13-20-37)28-41(42)50-52(30(2)3,31(4)5)32(6)7/h12-21,26,30-32,40-42H,10-11,22-25,27-29H2,1-9H3/t40-,41+,42+/m0/s1. The molecule has 0 radical (unpaired) electrons. The predicted octanol–water partition coefficient (Wildman–Crippen LogP) is 8.73. The second kappa shape index (κ2) is 17.6. The average Bonchev–Trinajstić information content (AvgIpc) is 3.12. The Hall–Kier alpha value is -2.73. The summed E-state index contributed by atoms with van der Waals surface area (Å²) in [5.74, 6) is 0.713. The zero-order valence-electron chi connectivity index (χ0n) is 32.9. The second-order valence-corrected chi connectivity index (χ2v) is 22.9. The molecule has 2 heterocycles. The summed E-state index contributed by atoms with van der Waals surface area (Å²) in [5, 5.41) is 0. The van der Waals surface area contributed by atoms with Crippen molar-refractivity contribution in [3.05, 3.63) is 89.0 Å². The molecule has 0 saturated carbocycles. The van der Waals surface area contributed by atoms with Gasteiger partial charge in [-0.25, -0.2) is 8.42 Å². The Morgan fingerprint density at radius 3 is 2.12 bits per heavy atom. The number of hydrogen-bond donors (Lipinski definition) is 0. The fraction of sp³-hybridized carbons (Fsp3) is 0.571. The molecule has 0 aromatic heterocycles. The monoisotopic (exact) mass is 750 g/mol. The van der Waals surface area contributed by atoms with E-state index in [1.807, 2.05) is 25.1 Å². The van der Waals surface area contributed by atoms with Crippen LogP contribution >= 0.6 is 0 Å². The Kier molecular flexibility index (Phi) is 13.7. The van der Waals surface area contributed by atoms with Crippen LogP contribution in [0.4, 0.5) is 5.69 Å². The topological polar surface area (TPSA) is 77.5 Å². The van der Waals surface area contributed by atoms with E-state index in [9.17, 15) is 8.42 Å². The lowest BCUT2D eigenvalue weighted by atomic mass is 9.85. The molecule has 1 saturated heterocycles. The summed E-state index contributed by atoms with van der Waals surface area (Å²) < 4.78 is 56.5. The molecule has 3 atom stereocenters. The fourth-order valence-corrected chi connectivity index (χ4v) is 15.6. The van der Waals surface area contributed by atoms with Crippen LogP contribution in [0, 0.1) is 6.92 Å². The number of methoxy groups -OCH3 is 1. The Balaban J connectivity index is 1.56. The van der Waals surface area contributed by atoms with Crippen molar-refractivity contribution in [2.45, 2.75) is 114 Å². The van der Waals surface area contributed by atoms with Crippen LogP contribution in [0.1, 0.15) is 83.1 Å². The minimum atomic E-state index is -3.84. The van der Waals surface area contributed by atoms with Crippen LogP contribution in [0.5, 0.6) is 5.75 Å². The summed E-state index contributed by atoms with van der Waals surface area (Å²) >= 11 is 0. The van der Waals surface area contributed by atoms with E-state index in [-0.39, 0.29) is 19.0 Å². The molecule has 5 rings (SSSR count). The number of benzene rings is 3. The summed E-state index contributed by atoms with van der Waals surface area (Å²) in [4.78, 5) is 2.65. The molecule has 3 aromatic rings. The minimum Gasteiger partial charge on any atom is -0.490 e. The zero-order chi connectivity index (χ0) is 37.6. The molecule has 0 N–H and O–H groups in total. The first-order valence-electron chi connectivity index (χ1n) is 19.3. The molecule has 2 aliphatic heterocycles. The van der Waals surface area contributed by atoms with Gasteiger partial charge < -0.3 is 23.5 Å². The van der Waals surface area contributed by atoms with Crippen molar-refractivity contribution in [3.63, 3.8) is 0 Å². The lowest BCUT2D eigenvalue weighted by Crippen LogP contribution is -2.59. The van der Waals surface area contributed by atoms with Gasteiger partial charge in [-0.2, -0.15) is 4.31 Å². The molecule has 0 unspecified atom stereocenters. The highest BCUT2D eigenvalue weighted by molar-refractivity contribution is 7.89. The Morgan fingerprint density at radius 1 is 0.865 bits per heavy atom. The Labute approximate surface area is 315 Å². The van der Waals surface area contributed by atoms with Gasteiger partial charge in [0.05, 0.1) is 35.9 Å². The van der Waals surface area contributed by atoms with E-state index in [1.165, 1.54) is 5.56 Å². The number of ether oxygens (including phenoxy) is 3. The average molecular weight is 751 g/mol. The number of anilines is 1. The Morgan fingerprint density at radius 2 is 1.50 bits per heavy atom. The van der Waals surface area contributed by atoms with Crippen molar-refractivity contribution in [3.8, 4) is 5.75 Å². The Bertz CT molecular complexity index is 1670. The highest BCUT2D eigenvalue weighted by Gasteiger charge is 2.51. The van der Waals surface area contributed by atoms with Gasteiger partial charge in [-0.3, -0.25) is 0 Å². The molecule has 0 spiro atoms. The third-order valence-corrected chi connectivity index (χ3v) is 19.3. The van der Waals surface area contributed by atoms with Crippen molar-refractivity contribution in [1.82, 2.24) is 4.31 Å². The molecule has 8 nitrogen and oxygen atoms in total. The third-order valence-electron chi connectivity index (χ3n) is 11.3. The molecule has 52 heavy (non-hydrogen) atoms. The van der Waals surface area contributed by atoms with Crippen LogP contribution in [0.3, 0.4) is 0 Å². The third kappa shape index (κ3) is 8.79. The number of aryl methyl sites for hydroxylation is 2. The molecule has 10 heteroatoms. The van der Waals surface area contributed by atoms with E-state index in [0.29, 0.717) is 41.3 Å². The second-order valence-electron chi connectivity index (χ2n) is 15.6. The largest absolute Gasteiger partial charge is 0.490 e. The summed E-state index contributed by atoms with van der Waals surface area (Å²) in [5.41, 5.74) is 6.50. The normalized spacial score (nSPS) is 20.1. The number of piperidine rings is 1. The van der Waals surface area contributed by atoms with Crippen LogP contribution in [-0.2, 0) is 37.0 Å². The lowest BCUT2D eigenvalue weighted by molar-refractivity contribution is -0.0504. The molecule has 1 fully saturated rings.